The largest absolute Gasteiger partial charge is 0.311 e. The molecule has 0 aromatic carbocycles. The van der Waals surface area contributed by atoms with Crippen LogP contribution in [-0.2, 0) is 0 Å². The lowest BCUT2D eigenvalue weighted by Gasteiger charge is -2.33. The highest BCUT2D eigenvalue weighted by Crippen LogP contribution is 2.33. The molecule has 2 rings (SSSR count). The van der Waals surface area contributed by atoms with E-state index in [1.165, 1.54) is 25.9 Å². The van der Waals surface area contributed by atoms with E-state index in [4.69, 9.17) is 0 Å². The number of hydrogen-bond acceptors (Lipinski definition) is 2. The lowest BCUT2D eigenvalue weighted by atomic mass is 10.1. The van der Waals surface area contributed by atoms with Gasteiger partial charge in [-0.15, -0.1) is 6.58 Å². The highest BCUT2D eigenvalue weighted by molar-refractivity contribution is 4.92. The van der Waals surface area contributed by atoms with Gasteiger partial charge in [-0.25, -0.2) is 0 Å². The average Bonchev–Trinajstić information content (AvgIpc) is 2.88. The second kappa shape index (κ2) is 3.58. The fourth-order valence-electron chi connectivity index (χ4n) is 2.00. The molecule has 1 atom stereocenters. The predicted octanol–water partition coefficient (Wildman–Crippen LogP) is 0.856. The van der Waals surface area contributed by atoms with Crippen LogP contribution in [0.4, 0.5) is 0 Å². The van der Waals surface area contributed by atoms with Gasteiger partial charge in [-0.1, -0.05) is 6.08 Å². The molecular formula is C10H18N2. The summed E-state index contributed by atoms with van der Waals surface area (Å²) in [6.07, 6.45) is 4.90. The van der Waals surface area contributed by atoms with Crippen molar-refractivity contribution in [3.8, 4) is 0 Å². The van der Waals surface area contributed by atoms with Gasteiger partial charge in [0.15, 0.2) is 0 Å². The van der Waals surface area contributed by atoms with Crippen molar-refractivity contribution >= 4 is 0 Å². The number of nitrogens with one attached hydrogen (secondary N) is 1. The second-order valence-corrected chi connectivity index (χ2v) is 3.95. The quantitative estimate of drug-likeness (QED) is 0.625. The topological polar surface area (TPSA) is 15.3 Å². The summed E-state index contributed by atoms with van der Waals surface area (Å²) in [4.78, 5) is 2.49. The predicted molar refractivity (Wildman–Crippen MR) is 51.2 cm³/mol. The van der Waals surface area contributed by atoms with E-state index >= 15 is 0 Å². The maximum atomic E-state index is 3.78. The highest BCUT2D eigenvalue weighted by Gasteiger charge is 2.33. The van der Waals surface area contributed by atoms with Crippen molar-refractivity contribution < 1.29 is 0 Å². The summed E-state index contributed by atoms with van der Waals surface area (Å²) < 4.78 is 0. The molecule has 0 aromatic rings. The van der Waals surface area contributed by atoms with Crippen molar-refractivity contribution in [2.75, 3.05) is 26.2 Å². The molecule has 1 saturated carbocycles. The first kappa shape index (κ1) is 8.27. The van der Waals surface area contributed by atoms with E-state index in [0.717, 1.165) is 25.0 Å². The normalized spacial score (nSPS) is 31.8. The molecule has 68 valence electrons. The Bertz CT molecular complexity index is 163. The van der Waals surface area contributed by atoms with E-state index in [1.54, 1.807) is 0 Å². The van der Waals surface area contributed by atoms with Gasteiger partial charge in [0.1, 0.15) is 0 Å². The first-order valence-corrected chi connectivity index (χ1v) is 4.97. The van der Waals surface area contributed by atoms with Crippen LogP contribution in [0.1, 0.15) is 12.8 Å². The van der Waals surface area contributed by atoms with Crippen LogP contribution in [-0.4, -0.2) is 37.1 Å². The lowest BCUT2D eigenvalue weighted by Crippen LogP contribution is -2.51. The monoisotopic (exact) mass is 166 g/mol. The molecule has 2 aliphatic rings. The summed E-state index contributed by atoms with van der Waals surface area (Å²) in [6, 6.07) is 0.777. The van der Waals surface area contributed by atoms with Crippen molar-refractivity contribution in [3.63, 3.8) is 0 Å². The maximum absolute atomic E-state index is 3.78. The fraction of sp³-hybridized carbons (Fsp3) is 0.800. The van der Waals surface area contributed by atoms with Gasteiger partial charge >= 0.3 is 0 Å². The van der Waals surface area contributed by atoms with Crippen LogP contribution in [0.2, 0.25) is 0 Å². The van der Waals surface area contributed by atoms with Crippen LogP contribution >= 0.6 is 0 Å². The van der Waals surface area contributed by atoms with Crippen molar-refractivity contribution in [3.05, 3.63) is 12.7 Å². The van der Waals surface area contributed by atoms with E-state index in [2.05, 4.69) is 16.8 Å². The third kappa shape index (κ3) is 1.87. The SMILES string of the molecule is C=CCN1CCNC(C2CC2)C1. The minimum Gasteiger partial charge on any atom is -0.311 e. The van der Waals surface area contributed by atoms with Crippen molar-refractivity contribution in [2.45, 2.75) is 18.9 Å². The molecule has 1 N–H and O–H groups in total. The molecule has 0 spiro atoms. The lowest BCUT2D eigenvalue weighted by molar-refractivity contribution is 0.205. The molecule has 12 heavy (non-hydrogen) atoms. The third-order valence-corrected chi connectivity index (χ3v) is 2.87. The van der Waals surface area contributed by atoms with Gasteiger partial charge in [0, 0.05) is 32.2 Å². The van der Waals surface area contributed by atoms with Crippen LogP contribution in [0.3, 0.4) is 0 Å². The summed E-state index contributed by atoms with van der Waals surface area (Å²) in [5, 5.41) is 3.59. The van der Waals surface area contributed by atoms with Gasteiger partial charge < -0.3 is 5.32 Å². The van der Waals surface area contributed by atoms with Crippen molar-refractivity contribution in [1.29, 1.82) is 0 Å². The molecule has 0 bridgehead atoms. The molecule has 0 radical (unpaired) electrons. The molecule has 2 fully saturated rings. The minimum atomic E-state index is 0.777. The third-order valence-electron chi connectivity index (χ3n) is 2.87. The Labute approximate surface area is 74.6 Å². The van der Waals surface area contributed by atoms with E-state index in [1.807, 2.05) is 6.08 Å². The number of nitrogens with zero attached hydrogens (tertiary/aromatic N) is 1. The standard InChI is InChI=1S/C10H18N2/c1-2-6-12-7-5-11-10(8-12)9-3-4-9/h2,9-11H,1,3-8H2. The average molecular weight is 166 g/mol. The zero-order chi connectivity index (χ0) is 8.39. The van der Waals surface area contributed by atoms with Gasteiger partial charge in [0.2, 0.25) is 0 Å². The van der Waals surface area contributed by atoms with Crippen LogP contribution in [0.25, 0.3) is 0 Å². The van der Waals surface area contributed by atoms with E-state index in [-0.39, 0.29) is 0 Å². The number of hydrogen-bond donors (Lipinski definition) is 1. The fourth-order valence-corrected chi connectivity index (χ4v) is 2.00. The zero-order valence-electron chi connectivity index (χ0n) is 7.63. The Morgan fingerprint density at radius 3 is 3.00 bits per heavy atom. The smallest absolute Gasteiger partial charge is 0.0223 e. The van der Waals surface area contributed by atoms with Crippen molar-refractivity contribution in [2.24, 2.45) is 5.92 Å². The Morgan fingerprint density at radius 2 is 2.33 bits per heavy atom. The first-order valence-electron chi connectivity index (χ1n) is 4.97. The molecule has 1 aliphatic carbocycles. The maximum Gasteiger partial charge on any atom is 0.0223 e. The summed E-state index contributed by atoms with van der Waals surface area (Å²) in [7, 11) is 0. The molecule has 0 aromatic heterocycles. The molecule has 2 nitrogen and oxygen atoms in total. The van der Waals surface area contributed by atoms with Crippen LogP contribution in [0, 0.1) is 5.92 Å². The minimum absolute atomic E-state index is 0.777. The molecule has 0 amide bonds. The summed E-state index contributed by atoms with van der Waals surface area (Å²) >= 11 is 0. The Balaban J connectivity index is 1.80. The van der Waals surface area contributed by atoms with E-state index in [9.17, 15) is 0 Å². The van der Waals surface area contributed by atoms with Gasteiger partial charge in [-0.2, -0.15) is 0 Å². The molecule has 1 unspecified atom stereocenters. The molecule has 1 saturated heterocycles. The molecule has 1 aliphatic heterocycles. The Hall–Kier alpha value is -0.340. The molecule has 1 heterocycles. The van der Waals surface area contributed by atoms with Gasteiger partial charge in [0.25, 0.3) is 0 Å². The summed E-state index contributed by atoms with van der Waals surface area (Å²) in [6.45, 7) is 8.42. The van der Waals surface area contributed by atoms with Gasteiger partial charge in [-0.05, 0) is 18.8 Å². The second-order valence-electron chi connectivity index (χ2n) is 3.95. The first-order chi connectivity index (χ1) is 5.90. The number of piperazine rings is 1. The van der Waals surface area contributed by atoms with Gasteiger partial charge in [-0.3, -0.25) is 4.90 Å². The summed E-state index contributed by atoms with van der Waals surface area (Å²) in [5.74, 6) is 0.984. The summed E-state index contributed by atoms with van der Waals surface area (Å²) in [5.41, 5.74) is 0. The van der Waals surface area contributed by atoms with Crippen LogP contribution in [0.15, 0.2) is 12.7 Å². The van der Waals surface area contributed by atoms with Crippen LogP contribution in [0.5, 0.6) is 0 Å². The van der Waals surface area contributed by atoms with Gasteiger partial charge in [0.05, 0.1) is 0 Å². The van der Waals surface area contributed by atoms with E-state index < -0.39 is 0 Å². The van der Waals surface area contributed by atoms with Crippen LogP contribution < -0.4 is 5.32 Å². The Kier molecular flexibility index (Phi) is 2.47. The van der Waals surface area contributed by atoms with E-state index in [0.29, 0.717) is 0 Å². The van der Waals surface area contributed by atoms with Crippen molar-refractivity contribution in [1.82, 2.24) is 10.2 Å². The zero-order valence-corrected chi connectivity index (χ0v) is 7.63. The Morgan fingerprint density at radius 1 is 1.50 bits per heavy atom. The number of rotatable bonds is 3. The highest BCUT2D eigenvalue weighted by atomic mass is 15.2. The molecular weight excluding hydrogens is 148 g/mol. The molecule has 2 heteroatoms.